The first-order valence-corrected chi connectivity index (χ1v) is 17.9. The van der Waals surface area contributed by atoms with E-state index < -0.39 is 45.8 Å². The van der Waals surface area contributed by atoms with E-state index in [1.807, 2.05) is 24.3 Å². The number of fused-ring (bicyclic) bond motifs is 4. The monoisotopic (exact) mass is 707 g/mol. The van der Waals surface area contributed by atoms with Crippen molar-refractivity contribution in [3.8, 4) is 5.75 Å². The number of hydrogen-bond donors (Lipinski definition) is 0. The predicted molar refractivity (Wildman–Crippen MR) is 163 cm³/mol. The third-order valence-corrected chi connectivity index (χ3v) is 12.6. The van der Waals surface area contributed by atoms with Gasteiger partial charge in [-0.2, -0.15) is 35.0 Å². The molecule has 0 aromatic heterocycles. The maximum atomic E-state index is 13.7. The Kier molecular flexibility index (Phi) is 10.0. The first-order chi connectivity index (χ1) is 22.3. The molecule has 2 saturated carbocycles. The lowest BCUT2D eigenvalue weighted by molar-refractivity contribution is -0.354. The number of unbranched alkanes of at least 4 members (excludes halogenated alkanes) is 2. The molecule has 14 heteroatoms. The van der Waals surface area contributed by atoms with Crippen LogP contribution in [0.2, 0.25) is 0 Å². The molecule has 1 aromatic carbocycles. The molecule has 48 heavy (non-hydrogen) atoms. The summed E-state index contributed by atoms with van der Waals surface area (Å²) in [5.74, 6) is -11.0. The Bertz CT molecular complexity index is 1590. The van der Waals surface area contributed by atoms with Crippen LogP contribution < -0.4 is 4.74 Å². The SMILES string of the molecule is CN(CC(F)(F)C(F)(F)C(F)(F)F)S(=O)(=O)CCCCCOc1ccc([C@H]2C[C@]3(C)C(=O)CCC3C3CCC4=CC(=O)CCC4=C32)cc1. The van der Waals surface area contributed by atoms with Crippen LogP contribution >= 0.6 is 0 Å². The van der Waals surface area contributed by atoms with Gasteiger partial charge < -0.3 is 4.74 Å². The molecule has 1 aromatic rings. The number of sulfonamides is 1. The van der Waals surface area contributed by atoms with Gasteiger partial charge in [-0.3, -0.25) is 9.59 Å². The molecule has 2 fully saturated rings. The number of carbonyl (C=O) groups excluding carboxylic acids is 2. The second-order valence-electron chi connectivity index (χ2n) is 13.8. The van der Waals surface area contributed by atoms with Crippen molar-refractivity contribution in [3.05, 3.63) is 52.6 Å². The number of Topliss-reactive ketones (excluding diaryl/α,β-unsaturated/α-hetero) is 1. The van der Waals surface area contributed by atoms with Crippen molar-refractivity contribution in [1.29, 1.82) is 0 Å². The van der Waals surface area contributed by atoms with Crippen LogP contribution in [0, 0.1) is 17.3 Å². The van der Waals surface area contributed by atoms with Crippen molar-refractivity contribution in [3.63, 3.8) is 0 Å². The van der Waals surface area contributed by atoms with Crippen molar-refractivity contribution in [2.45, 2.75) is 95.1 Å². The molecule has 0 amide bonds. The van der Waals surface area contributed by atoms with Gasteiger partial charge in [0.2, 0.25) is 10.0 Å². The van der Waals surface area contributed by atoms with Gasteiger partial charge in [0.1, 0.15) is 11.5 Å². The third-order valence-electron chi connectivity index (χ3n) is 10.8. The van der Waals surface area contributed by atoms with Crippen LogP contribution in [0.4, 0.5) is 30.7 Å². The lowest BCUT2D eigenvalue weighted by Gasteiger charge is -2.50. The first-order valence-electron chi connectivity index (χ1n) is 16.3. The molecule has 2 unspecified atom stereocenters. The number of hydrogen-bond acceptors (Lipinski definition) is 5. The van der Waals surface area contributed by atoms with Crippen molar-refractivity contribution >= 4 is 21.6 Å². The molecular formula is C34H40F7NO5S. The smallest absolute Gasteiger partial charge is 0.459 e. The fourth-order valence-electron chi connectivity index (χ4n) is 8.12. The quantitative estimate of drug-likeness (QED) is 0.164. The minimum Gasteiger partial charge on any atom is -0.494 e. The summed E-state index contributed by atoms with van der Waals surface area (Å²) in [4.78, 5) is 25.3. The Balaban J connectivity index is 1.16. The van der Waals surface area contributed by atoms with Gasteiger partial charge in [-0.05, 0) is 98.1 Å². The molecule has 0 heterocycles. The van der Waals surface area contributed by atoms with Crippen LogP contribution in [0.1, 0.15) is 82.6 Å². The minimum atomic E-state index is -6.54. The third kappa shape index (κ3) is 6.84. The molecule has 6 nitrogen and oxygen atoms in total. The van der Waals surface area contributed by atoms with E-state index in [-0.39, 0.29) is 35.5 Å². The highest BCUT2D eigenvalue weighted by Crippen LogP contribution is 2.62. The van der Waals surface area contributed by atoms with Gasteiger partial charge in [0.15, 0.2) is 5.78 Å². The molecule has 0 spiro atoms. The summed E-state index contributed by atoms with van der Waals surface area (Å²) in [5.41, 5.74) is 4.48. The van der Waals surface area contributed by atoms with E-state index in [1.165, 1.54) is 11.1 Å². The first kappa shape index (κ1) is 36.5. The van der Waals surface area contributed by atoms with E-state index in [4.69, 9.17) is 4.74 Å². The predicted octanol–water partition coefficient (Wildman–Crippen LogP) is 7.80. The Morgan fingerprint density at radius 1 is 0.917 bits per heavy atom. The van der Waals surface area contributed by atoms with Crippen LogP contribution in [0.15, 0.2) is 47.1 Å². The van der Waals surface area contributed by atoms with E-state index in [9.17, 15) is 48.7 Å². The number of halogens is 7. The number of benzene rings is 1. The van der Waals surface area contributed by atoms with Crippen LogP contribution in [0.3, 0.4) is 0 Å². The van der Waals surface area contributed by atoms with E-state index >= 15 is 0 Å². The average molecular weight is 708 g/mol. The van der Waals surface area contributed by atoms with Crippen molar-refractivity contribution in [2.75, 3.05) is 26.0 Å². The van der Waals surface area contributed by atoms with Gasteiger partial charge in [-0.25, -0.2) is 8.42 Å². The van der Waals surface area contributed by atoms with Crippen LogP contribution in [-0.2, 0) is 19.6 Å². The maximum Gasteiger partial charge on any atom is 0.459 e. The second kappa shape index (κ2) is 13.2. The van der Waals surface area contributed by atoms with E-state index in [1.54, 1.807) is 6.08 Å². The van der Waals surface area contributed by atoms with Crippen molar-refractivity contribution in [2.24, 2.45) is 17.3 Å². The summed E-state index contributed by atoms with van der Waals surface area (Å²) in [7, 11) is -3.98. The molecule has 4 aliphatic rings. The second-order valence-corrected chi connectivity index (χ2v) is 16.0. The van der Waals surface area contributed by atoms with E-state index in [2.05, 4.69) is 6.92 Å². The molecule has 5 rings (SSSR count). The molecule has 0 saturated heterocycles. The minimum absolute atomic E-state index is 0.0407. The fraction of sp³-hybridized carbons (Fsp3) is 0.647. The topological polar surface area (TPSA) is 80.8 Å². The molecule has 0 radical (unpaired) electrons. The average Bonchev–Trinajstić information content (AvgIpc) is 3.31. The summed E-state index contributed by atoms with van der Waals surface area (Å²) >= 11 is 0. The molecule has 4 aliphatic carbocycles. The highest BCUT2D eigenvalue weighted by Gasteiger charge is 2.73. The molecule has 266 valence electrons. The normalized spacial score (nSPS) is 26.7. The lowest BCUT2D eigenvalue weighted by atomic mass is 9.53. The molecule has 0 aliphatic heterocycles. The standard InChI is InChI=1S/C34H40F7NO5S/c1-31-19-27(30-25-13-9-23(43)18-22(25)8-12-26(30)28(31)14-15-29(31)44)21-6-10-24(11-7-21)47-16-4-3-5-17-48(45,46)42(2)20-32(35,36)33(37,38)34(39,40)41/h6-7,10-11,18,26-28H,3-5,8-9,12-17,19-20H2,1-2H3/t26?,27-,28?,31+/m1/s1. The van der Waals surface area contributed by atoms with E-state index in [0.717, 1.165) is 36.8 Å². The Morgan fingerprint density at radius 2 is 1.60 bits per heavy atom. The molecular weight excluding hydrogens is 667 g/mol. The van der Waals surface area contributed by atoms with Gasteiger partial charge in [0, 0.05) is 31.2 Å². The van der Waals surface area contributed by atoms with Gasteiger partial charge in [-0.15, -0.1) is 0 Å². The summed E-state index contributed by atoms with van der Waals surface area (Å²) in [6, 6.07) is 7.64. The van der Waals surface area contributed by atoms with Gasteiger partial charge in [-0.1, -0.05) is 24.6 Å². The van der Waals surface area contributed by atoms with Crippen molar-refractivity contribution < 1.29 is 53.5 Å². The Labute approximate surface area is 275 Å². The zero-order valence-corrected chi connectivity index (χ0v) is 27.7. The number of carbonyl (C=O) groups is 2. The van der Waals surface area contributed by atoms with Crippen LogP contribution in [-0.4, -0.2) is 68.3 Å². The number of alkyl halides is 7. The maximum absolute atomic E-state index is 13.7. The Hall–Kier alpha value is -2.74. The zero-order valence-electron chi connectivity index (χ0n) is 26.9. The number of rotatable bonds is 12. The molecule has 0 bridgehead atoms. The van der Waals surface area contributed by atoms with Gasteiger partial charge >= 0.3 is 18.0 Å². The number of nitrogens with zero attached hydrogens (tertiary/aromatic N) is 1. The highest BCUT2D eigenvalue weighted by molar-refractivity contribution is 7.89. The largest absolute Gasteiger partial charge is 0.494 e. The Morgan fingerprint density at radius 3 is 2.27 bits per heavy atom. The highest BCUT2D eigenvalue weighted by atomic mass is 32.2. The van der Waals surface area contributed by atoms with Gasteiger partial charge in [0.25, 0.3) is 0 Å². The fourth-order valence-corrected chi connectivity index (χ4v) is 9.36. The lowest BCUT2D eigenvalue weighted by Crippen LogP contribution is -2.57. The zero-order chi connectivity index (χ0) is 35.3. The van der Waals surface area contributed by atoms with Crippen LogP contribution in [0.25, 0.3) is 0 Å². The number of allylic oxidation sites excluding steroid dienone is 4. The summed E-state index contributed by atoms with van der Waals surface area (Å²) in [5, 5.41) is 0. The number of ketones is 2. The van der Waals surface area contributed by atoms with E-state index in [0.29, 0.717) is 56.1 Å². The van der Waals surface area contributed by atoms with Crippen molar-refractivity contribution in [1.82, 2.24) is 4.31 Å². The molecule has 0 N–H and O–H groups in total. The van der Waals surface area contributed by atoms with Crippen LogP contribution in [0.5, 0.6) is 5.75 Å². The number of ether oxygens (including phenoxy) is 1. The molecule has 4 atom stereocenters. The summed E-state index contributed by atoms with van der Waals surface area (Å²) in [6.07, 6.45) is 1.08. The summed E-state index contributed by atoms with van der Waals surface area (Å²) in [6.45, 7) is -0.00327. The summed E-state index contributed by atoms with van der Waals surface area (Å²) < 4.78 is 121. The van der Waals surface area contributed by atoms with Gasteiger partial charge in [0.05, 0.1) is 18.9 Å².